The Morgan fingerprint density at radius 2 is 1.90 bits per heavy atom. The number of benzene rings is 1. The van der Waals surface area contributed by atoms with E-state index in [9.17, 15) is 13.2 Å². The highest BCUT2D eigenvalue weighted by molar-refractivity contribution is 7.89. The Hall–Kier alpha value is -3.05. The monoisotopic (exact) mass is 430 g/mol. The van der Waals surface area contributed by atoms with E-state index in [-0.39, 0.29) is 34.4 Å². The molecule has 1 aliphatic rings. The second-order valence-corrected chi connectivity index (χ2v) is 9.40. The van der Waals surface area contributed by atoms with Crippen LogP contribution in [0.5, 0.6) is 0 Å². The molecule has 0 atom stereocenters. The highest BCUT2D eigenvalue weighted by Crippen LogP contribution is 2.30. The SMILES string of the molecule is CC(C)n1nccc1-c1nnc(NC(=O)c2ccc(S(=O)(=O)N(C)C3CC3)cc2)o1. The first-order valence-corrected chi connectivity index (χ1v) is 11.0. The number of carbonyl (C=O) groups excluding carboxylic acids is 1. The van der Waals surface area contributed by atoms with E-state index in [2.05, 4.69) is 20.6 Å². The van der Waals surface area contributed by atoms with E-state index in [0.717, 1.165) is 12.8 Å². The molecule has 1 saturated carbocycles. The summed E-state index contributed by atoms with van der Waals surface area (Å²) in [5.41, 5.74) is 0.919. The zero-order chi connectivity index (χ0) is 21.5. The summed E-state index contributed by atoms with van der Waals surface area (Å²) in [7, 11) is -1.98. The van der Waals surface area contributed by atoms with Crippen LogP contribution in [0.1, 0.15) is 43.1 Å². The van der Waals surface area contributed by atoms with Gasteiger partial charge in [-0.2, -0.15) is 9.40 Å². The van der Waals surface area contributed by atoms with Gasteiger partial charge >= 0.3 is 6.01 Å². The minimum atomic E-state index is -3.56. The summed E-state index contributed by atoms with van der Waals surface area (Å²) in [4.78, 5) is 12.6. The minimum Gasteiger partial charge on any atom is -0.401 e. The molecule has 10 nitrogen and oxygen atoms in total. The fourth-order valence-electron chi connectivity index (χ4n) is 3.02. The number of sulfonamides is 1. The maximum absolute atomic E-state index is 12.6. The van der Waals surface area contributed by atoms with Crippen molar-refractivity contribution in [3.8, 4) is 11.6 Å². The second kappa shape index (κ2) is 7.65. The number of nitrogens with one attached hydrogen (secondary N) is 1. The van der Waals surface area contributed by atoms with Crippen LogP contribution in [0.15, 0.2) is 45.8 Å². The highest BCUT2D eigenvalue weighted by atomic mass is 32.2. The number of hydrogen-bond donors (Lipinski definition) is 1. The molecule has 1 fully saturated rings. The number of hydrogen-bond acceptors (Lipinski definition) is 7. The van der Waals surface area contributed by atoms with Crippen molar-refractivity contribution >= 4 is 21.9 Å². The summed E-state index contributed by atoms with van der Waals surface area (Å²) in [6, 6.07) is 7.61. The van der Waals surface area contributed by atoms with Crippen LogP contribution in [0.4, 0.5) is 6.01 Å². The molecule has 0 unspecified atom stereocenters. The standard InChI is InChI=1S/C19H22N6O4S/c1-12(2)25-16(10-11-20-25)18-22-23-19(29-18)21-17(26)13-4-8-15(9-5-13)30(27,28)24(3)14-6-7-14/h4-5,8-12,14H,6-7H2,1-3H3,(H,21,23,26). The third-order valence-electron chi connectivity index (χ3n) is 4.88. The normalized spacial score (nSPS) is 14.4. The molecule has 0 aliphatic heterocycles. The van der Waals surface area contributed by atoms with Gasteiger partial charge in [-0.05, 0) is 57.0 Å². The van der Waals surface area contributed by atoms with E-state index >= 15 is 0 Å². The predicted molar refractivity (Wildman–Crippen MR) is 108 cm³/mol. The molecule has 0 bridgehead atoms. The number of aromatic nitrogens is 4. The van der Waals surface area contributed by atoms with Gasteiger partial charge in [0, 0.05) is 30.9 Å². The van der Waals surface area contributed by atoms with Gasteiger partial charge in [-0.1, -0.05) is 5.10 Å². The van der Waals surface area contributed by atoms with Crippen LogP contribution in [0.25, 0.3) is 11.6 Å². The van der Waals surface area contributed by atoms with Gasteiger partial charge in [-0.15, -0.1) is 5.10 Å². The lowest BCUT2D eigenvalue weighted by molar-refractivity contribution is 0.102. The number of carbonyl (C=O) groups is 1. The van der Waals surface area contributed by atoms with Gasteiger partial charge in [0.05, 0.1) is 4.90 Å². The van der Waals surface area contributed by atoms with Gasteiger partial charge in [-0.25, -0.2) is 8.42 Å². The molecule has 0 saturated heterocycles. The van der Waals surface area contributed by atoms with Crippen molar-refractivity contribution < 1.29 is 17.6 Å². The van der Waals surface area contributed by atoms with Crippen molar-refractivity contribution in [3.05, 3.63) is 42.1 Å². The molecule has 1 amide bonds. The van der Waals surface area contributed by atoms with Crippen LogP contribution in [-0.4, -0.2) is 51.7 Å². The lowest BCUT2D eigenvalue weighted by Gasteiger charge is -2.16. The summed E-state index contributed by atoms with van der Waals surface area (Å²) in [5.74, 6) is -0.247. The van der Waals surface area contributed by atoms with Gasteiger partial charge in [0.2, 0.25) is 10.0 Å². The first-order chi connectivity index (χ1) is 14.3. The van der Waals surface area contributed by atoms with E-state index in [1.807, 2.05) is 13.8 Å². The zero-order valence-corrected chi connectivity index (χ0v) is 17.6. The molecular formula is C19H22N6O4S. The number of amides is 1. The van der Waals surface area contributed by atoms with Gasteiger partial charge < -0.3 is 4.42 Å². The first kappa shape index (κ1) is 20.2. The van der Waals surface area contributed by atoms with Crippen LogP contribution in [-0.2, 0) is 10.0 Å². The fourth-order valence-corrected chi connectivity index (χ4v) is 4.44. The molecule has 0 spiro atoms. The molecule has 11 heteroatoms. The molecule has 30 heavy (non-hydrogen) atoms. The van der Waals surface area contributed by atoms with Crippen molar-refractivity contribution in [1.82, 2.24) is 24.3 Å². The largest absolute Gasteiger partial charge is 0.401 e. The first-order valence-electron chi connectivity index (χ1n) is 9.54. The number of nitrogens with zero attached hydrogens (tertiary/aromatic N) is 5. The van der Waals surface area contributed by atoms with E-state index in [1.165, 1.54) is 28.6 Å². The highest BCUT2D eigenvalue weighted by Gasteiger charge is 2.35. The van der Waals surface area contributed by atoms with Gasteiger partial charge in [0.25, 0.3) is 11.8 Å². The minimum absolute atomic E-state index is 0.0586. The Kier molecular flexibility index (Phi) is 5.16. The predicted octanol–water partition coefficient (Wildman–Crippen LogP) is 2.55. The molecule has 0 radical (unpaired) electrons. The smallest absolute Gasteiger partial charge is 0.322 e. The van der Waals surface area contributed by atoms with Gasteiger partial charge in [0.1, 0.15) is 5.69 Å². The Morgan fingerprint density at radius 3 is 2.53 bits per heavy atom. The Morgan fingerprint density at radius 1 is 1.20 bits per heavy atom. The third kappa shape index (κ3) is 3.85. The molecule has 4 rings (SSSR count). The average molecular weight is 430 g/mol. The molecule has 158 valence electrons. The van der Waals surface area contributed by atoms with Crippen LogP contribution in [0, 0.1) is 0 Å². The van der Waals surface area contributed by atoms with Crippen molar-refractivity contribution in [2.75, 3.05) is 12.4 Å². The average Bonchev–Trinajstić information content (AvgIpc) is 3.26. The third-order valence-corrected chi connectivity index (χ3v) is 6.80. The molecule has 1 aromatic carbocycles. The van der Waals surface area contributed by atoms with Gasteiger partial charge in [-0.3, -0.25) is 14.8 Å². The fraction of sp³-hybridized carbons (Fsp3) is 0.368. The van der Waals surface area contributed by atoms with Crippen molar-refractivity contribution in [1.29, 1.82) is 0 Å². The van der Waals surface area contributed by atoms with Crippen LogP contribution in [0.2, 0.25) is 0 Å². The van der Waals surface area contributed by atoms with Crippen molar-refractivity contribution in [2.24, 2.45) is 0 Å². The Balaban J connectivity index is 1.47. The second-order valence-electron chi connectivity index (χ2n) is 7.40. The molecule has 2 aromatic heterocycles. The van der Waals surface area contributed by atoms with Crippen LogP contribution in [0.3, 0.4) is 0 Å². The lowest BCUT2D eigenvalue weighted by atomic mass is 10.2. The summed E-state index contributed by atoms with van der Waals surface area (Å²) in [6.07, 6.45) is 3.38. The molecule has 1 aliphatic carbocycles. The summed E-state index contributed by atoms with van der Waals surface area (Å²) >= 11 is 0. The van der Waals surface area contributed by atoms with Crippen molar-refractivity contribution in [2.45, 2.75) is 43.7 Å². The van der Waals surface area contributed by atoms with Crippen LogP contribution < -0.4 is 5.32 Å². The van der Waals surface area contributed by atoms with Gasteiger partial charge in [0.15, 0.2) is 0 Å². The Bertz CT molecular complexity index is 1160. The van der Waals surface area contributed by atoms with E-state index in [0.29, 0.717) is 5.69 Å². The lowest BCUT2D eigenvalue weighted by Crippen LogP contribution is -2.29. The maximum Gasteiger partial charge on any atom is 0.322 e. The summed E-state index contributed by atoms with van der Waals surface area (Å²) in [6.45, 7) is 3.95. The van der Waals surface area contributed by atoms with Crippen molar-refractivity contribution in [3.63, 3.8) is 0 Å². The molecular weight excluding hydrogens is 408 g/mol. The molecule has 2 heterocycles. The summed E-state index contributed by atoms with van der Waals surface area (Å²) in [5, 5.41) is 14.6. The van der Waals surface area contributed by atoms with E-state index in [4.69, 9.17) is 4.42 Å². The molecule has 3 aromatic rings. The number of rotatable bonds is 7. The Labute approximate surface area is 174 Å². The number of anilines is 1. The van der Waals surface area contributed by atoms with E-state index in [1.54, 1.807) is 24.0 Å². The quantitative estimate of drug-likeness (QED) is 0.611. The summed E-state index contributed by atoms with van der Waals surface area (Å²) < 4.78 is 33.8. The molecule has 1 N–H and O–H groups in total. The maximum atomic E-state index is 12.6. The zero-order valence-electron chi connectivity index (χ0n) is 16.8. The van der Waals surface area contributed by atoms with E-state index < -0.39 is 15.9 Å². The van der Waals surface area contributed by atoms with Crippen LogP contribution >= 0.6 is 0 Å². The topological polar surface area (TPSA) is 123 Å².